The lowest BCUT2D eigenvalue weighted by atomic mass is 10.1. The molecule has 0 atom stereocenters. The van der Waals surface area contributed by atoms with Crippen molar-refractivity contribution in [2.45, 2.75) is 19.9 Å². The van der Waals surface area contributed by atoms with Crippen LogP contribution in [0.3, 0.4) is 0 Å². The zero-order chi connectivity index (χ0) is 13.4. The maximum atomic E-state index is 11.4. The molecule has 4 nitrogen and oxygen atoms in total. The fourth-order valence-corrected chi connectivity index (χ4v) is 1.52. The molecular weight excluding hydrogens is 248 g/mol. The lowest BCUT2D eigenvalue weighted by molar-refractivity contribution is -0.125. The van der Waals surface area contributed by atoms with Gasteiger partial charge in [0.15, 0.2) is 0 Å². The summed E-state index contributed by atoms with van der Waals surface area (Å²) < 4.78 is 5.14. The molecule has 0 spiro atoms. The van der Waals surface area contributed by atoms with Crippen molar-refractivity contribution in [3.63, 3.8) is 0 Å². The summed E-state index contributed by atoms with van der Waals surface area (Å²) in [7, 11) is 0. The predicted molar refractivity (Wildman–Crippen MR) is 75.3 cm³/mol. The Hall–Kier alpha value is -1.46. The van der Waals surface area contributed by atoms with Gasteiger partial charge in [0.2, 0.25) is 5.91 Å². The Morgan fingerprint density at radius 3 is 2.94 bits per heavy atom. The highest BCUT2D eigenvalue weighted by molar-refractivity contribution is 7.80. The molecule has 1 aromatic rings. The molecule has 0 fully saturated rings. The van der Waals surface area contributed by atoms with Crippen LogP contribution in [0.5, 0.6) is 0 Å². The molecule has 1 aromatic carbocycles. The Morgan fingerprint density at radius 1 is 1.50 bits per heavy atom. The third kappa shape index (κ3) is 5.25. The van der Waals surface area contributed by atoms with Crippen molar-refractivity contribution in [3.8, 4) is 0 Å². The first-order chi connectivity index (χ1) is 8.63. The summed E-state index contributed by atoms with van der Waals surface area (Å²) in [6, 6.07) is 7.49. The Morgan fingerprint density at radius 2 is 2.28 bits per heavy atom. The van der Waals surface area contributed by atoms with E-state index in [2.05, 4.69) is 5.32 Å². The predicted octanol–water partition coefficient (Wildman–Crippen LogP) is 1.36. The van der Waals surface area contributed by atoms with Crippen LogP contribution < -0.4 is 11.1 Å². The first-order valence-corrected chi connectivity index (χ1v) is 6.27. The van der Waals surface area contributed by atoms with Gasteiger partial charge in [-0.15, -0.1) is 0 Å². The van der Waals surface area contributed by atoms with E-state index < -0.39 is 0 Å². The normalized spacial score (nSPS) is 10.1. The van der Waals surface area contributed by atoms with Crippen LogP contribution in [0, 0.1) is 0 Å². The van der Waals surface area contributed by atoms with Gasteiger partial charge in [-0.1, -0.05) is 37.3 Å². The summed E-state index contributed by atoms with van der Waals surface area (Å²) in [6.45, 7) is 3.15. The molecule has 3 N–H and O–H groups in total. The van der Waals surface area contributed by atoms with Crippen LogP contribution in [0.2, 0.25) is 0 Å². The smallest absolute Gasteiger partial charge is 0.246 e. The fraction of sp³-hybridized carbons (Fsp3) is 0.385. The number of carbonyl (C=O) groups excluding carboxylic acids is 1. The molecule has 0 radical (unpaired) electrons. The van der Waals surface area contributed by atoms with Crippen LogP contribution >= 0.6 is 12.2 Å². The van der Waals surface area contributed by atoms with Crippen molar-refractivity contribution in [1.29, 1.82) is 0 Å². The van der Waals surface area contributed by atoms with Crippen molar-refractivity contribution in [1.82, 2.24) is 5.32 Å². The largest absolute Gasteiger partial charge is 0.389 e. The fourth-order valence-electron chi connectivity index (χ4n) is 1.40. The Balaban J connectivity index is 2.41. The van der Waals surface area contributed by atoms with Crippen molar-refractivity contribution in [2.24, 2.45) is 5.73 Å². The number of ether oxygens (including phenoxy) is 1. The molecule has 18 heavy (non-hydrogen) atoms. The zero-order valence-electron chi connectivity index (χ0n) is 10.4. The Kier molecular flexibility index (Phi) is 6.32. The summed E-state index contributed by atoms with van der Waals surface area (Å²) in [5.41, 5.74) is 7.31. The first-order valence-electron chi connectivity index (χ1n) is 5.86. The minimum Gasteiger partial charge on any atom is -0.389 e. The molecule has 0 saturated carbocycles. The highest BCUT2D eigenvalue weighted by Gasteiger charge is 2.02. The van der Waals surface area contributed by atoms with Crippen molar-refractivity contribution >= 4 is 23.1 Å². The number of nitrogens with two attached hydrogens (primary N) is 1. The molecule has 0 aliphatic heterocycles. The summed E-state index contributed by atoms with van der Waals surface area (Å²) in [4.78, 5) is 11.8. The van der Waals surface area contributed by atoms with Crippen molar-refractivity contribution < 1.29 is 9.53 Å². The number of thiocarbonyl (C=S) groups is 1. The second-order valence-electron chi connectivity index (χ2n) is 3.89. The maximum absolute atomic E-state index is 11.4. The molecule has 0 bridgehead atoms. The lowest BCUT2D eigenvalue weighted by Gasteiger charge is -2.07. The number of amides is 1. The van der Waals surface area contributed by atoms with Gasteiger partial charge >= 0.3 is 0 Å². The minimum atomic E-state index is -0.121. The third-order valence-corrected chi connectivity index (χ3v) is 2.52. The molecule has 0 saturated heterocycles. The molecule has 0 unspecified atom stereocenters. The maximum Gasteiger partial charge on any atom is 0.246 e. The van der Waals surface area contributed by atoms with E-state index in [-0.39, 0.29) is 12.5 Å². The lowest BCUT2D eigenvalue weighted by Crippen LogP contribution is -2.27. The van der Waals surface area contributed by atoms with Gasteiger partial charge in [0.1, 0.15) is 11.6 Å². The number of hydrogen-bond donors (Lipinski definition) is 2. The van der Waals surface area contributed by atoms with Gasteiger partial charge in [0.05, 0.1) is 0 Å². The first kappa shape index (κ1) is 14.6. The van der Waals surface area contributed by atoms with Gasteiger partial charge < -0.3 is 15.8 Å². The molecule has 0 aliphatic carbocycles. The Bertz CT molecular complexity index is 421. The average Bonchev–Trinajstić information content (AvgIpc) is 2.37. The highest BCUT2D eigenvalue weighted by Crippen LogP contribution is 2.04. The Labute approximate surface area is 113 Å². The van der Waals surface area contributed by atoms with Gasteiger partial charge in [0.25, 0.3) is 0 Å². The third-order valence-electron chi connectivity index (χ3n) is 2.28. The average molecular weight is 266 g/mol. The van der Waals surface area contributed by atoms with Gasteiger partial charge in [-0.2, -0.15) is 0 Å². The molecule has 0 heterocycles. The van der Waals surface area contributed by atoms with Gasteiger partial charge in [-0.05, 0) is 18.1 Å². The SMILES string of the molecule is CCCOCC(=O)NCc1cccc(C(N)=S)c1. The van der Waals surface area contributed by atoms with Crippen LogP contribution in [0.15, 0.2) is 24.3 Å². The topological polar surface area (TPSA) is 64.3 Å². The highest BCUT2D eigenvalue weighted by atomic mass is 32.1. The van der Waals surface area contributed by atoms with E-state index in [0.717, 1.165) is 17.5 Å². The number of benzene rings is 1. The quantitative estimate of drug-likeness (QED) is 0.578. The van der Waals surface area contributed by atoms with Crippen LogP contribution in [0.4, 0.5) is 0 Å². The molecule has 5 heteroatoms. The molecule has 0 aliphatic rings. The molecular formula is C13H18N2O2S. The number of rotatable bonds is 7. The summed E-state index contributed by atoms with van der Waals surface area (Å²) >= 11 is 4.90. The van der Waals surface area contributed by atoms with Gasteiger partial charge in [-0.25, -0.2) is 0 Å². The van der Waals surface area contributed by atoms with Crippen LogP contribution in [-0.4, -0.2) is 24.1 Å². The van der Waals surface area contributed by atoms with E-state index in [0.29, 0.717) is 18.1 Å². The number of carbonyl (C=O) groups is 1. The summed E-state index contributed by atoms with van der Waals surface area (Å²) in [5, 5.41) is 2.78. The monoisotopic (exact) mass is 266 g/mol. The minimum absolute atomic E-state index is 0.100. The van der Waals surface area contributed by atoms with Gasteiger partial charge in [0, 0.05) is 18.7 Å². The second kappa shape index (κ2) is 7.79. The van der Waals surface area contributed by atoms with E-state index >= 15 is 0 Å². The summed E-state index contributed by atoms with van der Waals surface area (Å²) in [6.07, 6.45) is 0.906. The molecule has 1 rings (SSSR count). The van der Waals surface area contributed by atoms with Crippen molar-refractivity contribution in [2.75, 3.05) is 13.2 Å². The van der Waals surface area contributed by atoms with Crippen LogP contribution in [0.25, 0.3) is 0 Å². The summed E-state index contributed by atoms with van der Waals surface area (Å²) in [5.74, 6) is -0.121. The molecule has 1 amide bonds. The van der Waals surface area contributed by atoms with Crippen LogP contribution in [0.1, 0.15) is 24.5 Å². The van der Waals surface area contributed by atoms with E-state index in [1.807, 2.05) is 31.2 Å². The second-order valence-corrected chi connectivity index (χ2v) is 4.33. The van der Waals surface area contributed by atoms with E-state index in [9.17, 15) is 4.79 Å². The number of nitrogens with one attached hydrogen (secondary N) is 1. The zero-order valence-corrected chi connectivity index (χ0v) is 11.3. The molecule has 0 aromatic heterocycles. The standard InChI is InChI=1S/C13H18N2O2S/c1-2-6-17-9-12(16)15-8-10-4-3-5-11(7-10)13(14)18/h3-5,7H,2,6,8-9H2,1H3,(H2,14,18)(H,15,16). The van der Waals surface area contributed by atoms with Crippen molar-refractivity contribution in [3.05, 3.63) is 35.4 Å². The van der Waals surface area contributed by atoms with E-state index in [1.165, 1.54) is 0 Å². The van der Waals surface area contributed by atoms with E-state index in [4.69, 9.17) is 22.7 Å². The van der Waals surface area contributed by atoms with Crippen LogP contribution in [-0.2, 0) is 16.1 Å². The van der Waals surface area contributed by atoms with E-state index in [1.54, 1.807) is 0 Å². The molecule has 98 valence electrons. The van der Waals surface area contributed by atoms with Gasteiger partial charge in [-0.3, -0.25) is 4.79 Å². The number of hydrogen-bond acceptors (Lipinski definition) is 3.